The van der Waals surface area contributed by atoms with Gasteiger partial charge in [0.1, 0.15) is 5.69 Å². The molecule has 0 aliphatic heterocycles. The van der Waals surface area contributed by atoms with Crippen molar-refractivity contribution >= 4 is 29.1 Å². The molecule has 32 heavy (non-hydrogen) atoms. The minimum Gasteiger partial charge on any atom is -0.349 e. The van der Waals surface area contributed by atoms with Crippen LogP contribution in [-0.2, 0) is 0 Å². The van der Waals surface area contributed by atoms with Crippen LogP contribution in [-0.4, -0.2) is 32.6 Å². The number of nitriles is 1. The summed E-state index contributed by atoms with van der Waals surface area (Å²) >= 11 is 6.22. The van der Waals surface area contributed by atoms with Crippen molar-refractivity contribution in [3.63, 3.8) is 0 Å². The summed E-state index contributed by atoms with van der Waals surface area (Å²) in [4.78, 5) is 30.4. The number of nitrogens with one attached hydrogen (secondary N) is 2. The number of amides is 2. The number of rotatable bonds is 6. The van der Waals surface area contributed by atoms with Gasteiger partial charge in [0.2, 0.25) is 0 Å². The third-order valence-electron chi connectivity index (χ3n) is 5.45. The number of pyridine rings is 1. The lowest BCUT2D eigenvalue weighted by atomic mass is 10.0. The maximum Gasteiger partial charge on any atom is 0.274 e. The minimum atomic E-state index is -0.485. The lowest BCUT2D eigenvalue weighted by molar-refractivity contribution is 0.0936. The molecule has 8 nitrogen and oxygen atoms in total. The maximum absolute atomic E-state index is 13.2. The second-order valence-corrected chi connectivity index (χ2v) is 8.23. The van der Waals surface area contributed by atoms with E-state index >= 15 is 0 Å². The van der Waals surface area contributed by atoms with Gasteiger partial charge < -0.3 is 10.6 Å². The van der Waals surface area contributed by atoms with Crippen LogP contribution >= 0.6 is 11.6 Å². The van der Waals surface area contributed by atoms with Gasteiger partial charge >= 0.3 is 0 Å². The van der Waals surface area contributed by atoms with Gasteiger partial charge in [0.15, 0.2) is 5.82 Å². The van der Waals surface area contributed by atoms with Gasteiger partial charge in [0.05, 0.1) is 34.1 Å². The SMILES string of the molecule is Cc1cc(C#N)cc(C(=O)NC(C)C2CC2)c1NC(=O)c1ccnn1-c1ncccc1Cl. The van der Waals surface area contributed by atoms with E-state index in [1.165, 1.54) is 23.0 Å². The fraction of sp³-hybridized carbons (Fsp3) is 0.261. The number of benzene rings is 1. The average Bonchev–Trinajstić information content (AvgIpc) is 3.52. The molecule has 162 valence electrons. The Morgan fingerprint density at radius 3 is 2.72 bits per heavy atom. The van der Waals surface area contributed by atoms with Crippen molar-refractivity contribution in [1.82, 2.24) is 20.1 Å². The van der Waals surface area contributed by atoms with Gasteiger partial charge in [-0.2, -0.15) is 10.4 Å². The molecule has 2 aromatic heterocycles. The first-order chi connectivity index (χ1) is 15.4. The number of aryl methyl sites for hydroxylation is 1. The number of hydrogen-bond acceptors (Lipinski definition) is 5. The summed E-state index contributed by atoms with van der Waals surface area (Å²) in [6, 6.07) is 10.1. The Hall–Kier alpha value is -3.70. The number of carbonyl (C=O) groups excluding carboxylic acids is 2. The van der Waals surface area contributed by atoms with Crippen LogP contribution in [0.1, 0.15) is 51.7 Å². The highest BCUT2D eigenvalue weighted by Crippen LogP contribution is 2.33. The molecule has 0 bridgehead atoms. The molecule has 0 saturated heterocycles. The Bertz CT molecular complexity index is 1240. The molecule has 1 aromatic carbocycles. The van der Waals surface area contributed by atoms with Crippen molar-refractivity contribution in [2.75, 3.05) is 5.32 Å². The molecule has 1 fully saturated rings. The maximum atomic E-state index is 13.2. The highest BCUT2D eigenvalue weighted by Gasteiger charge is 2.30. The predicted octanol–water partition coefficient (Wildman–Crippen LogP) is 3.88. The zero-order chi connectivity index (χ0) is 22.8. The average molecular weight is 449 g/mol. The molecule has 1 saturated carbocycles. The lowest BCUT2D eigenvalue weighted by Crippen LogP contribution is -2.35. The second-order valence-electron chi connectivity index (χ2n) is 7.82. The van der Waals surface area contributed by atoms with Gasteiger partial charge in [-0.05, 0) is 68.5 Å². The van der Waals surface area contributed by atoms with Crippen LogP contribution in [0.3, 0.4) is 0 Å². The van der Waals surface area contributed by atoms with Crippen molar-refractivity contribution in [2.45, 2.75) is 32.7 Å². The van der Waals surface area contributed by atoms with E-state index in [4.69, 9.17) is 11.6 Å². The first-order valence-corrected chi connectivity index (χ1v) is 10.6. The van der Waals surface area contributed by atoms with Gasteiger partial charge in [-0.3, -0.25) is 9.59 Å². The van der Waals surface area contributed by atoms with Gasteiger partial charge in [0, 0.05) is 12.2 Å². The Labute approximate surface area is 190 Å². The van der Waals surface area contributed by atoms with E-state index in [1.807, 2.05) is 6.92 Å². The molecule has 0 spiro atoms. The molecule has 1 aliphatic carbocycles. The van der Waals surface area contributed by atoms with Crippen LogP contribution in [0.2, 0.25) is 5.02 Å². The van der Waals surface area contributed by atoms with Crippen LogP contribution in [0.15, 0.2) is 42.7 Å². The highest BCUT2D eigenvalue weighted by molar-refractivity contribution is 6.32. The monoisotopic (exact) mass is 448 g/mol. The lowest BCUT2D eigenvalue weighted by Gasteiger charge is -2.18. The van der Waals surface area contributed by atoms with E-state index in [2.05, 4.69) is 26.8 Å². The van der Waals surface area contributed by atoms with Crippen molar-refractivity contribution in [3.05, 3.63) is 70.1 Å². The predicted molar refractivity (Wildman–Crippen MR) is 120 cm³/mol. The standard InChI is InChI=1S/C23H21ClN6O2/c1-13-10-15(12-25)11-17(22(31)28-14(2)16-5-6-16)20(13)29-23(32)19-7-9-27-30(19)21-18(24)4-3-8-26-21/h3-4,7-11,14,16H,5-6H2,1-2H3,(H,28,31)(H,29,32). The van der Waals surface area contributed by atoms with Gasteiger partial charge in [-0.15, -0.1) is 0 Å². The summed E-state index contributed by atoms with van der Waals surface area (Å²) in [5, 5.41) is 19.7. The molecular formula is C23H21ClN6O2. The van der Waals surface area contributed by atoms with E-state index < -0.39 is 5.91 Å². The molecule has 2 N–H and O–H groups in total. The van der Waals surface area contributed by atoms with Gasteiger partial charge in [-0.25, -0.2) is 9.67 Å². The summed E-state index contributed by atoms with van der Waals surface area (Å²) < 4.78 is 1.34. The molecule has 4 rings (SSSR count). The van der Waals surface area contributed by atoms with E-state index in [-0.39, 0.29) is 23.2 Å². The number of hydrogen-bond donors (Lipinski definition) is 2. The van der Waals surface area contributed by atoms with Gasteiger partial charge in [-0.1, -0.05) is 11.6 Å². The normalized spacial score (nSPS) is 13.8. The molecule has 3 aromatic rings. The third-order valence-corrected chi connectivity index (χ3v) is 5.75. The van der Waals surface area contributed by atoms with Crippen molar-refractivity contribution in [2.24, 2.45) is 5.92 Å². The van der Waals surface area contributed by atoms with Crippen LogP contribution in [0, 0.1) is 24.2 Å². The zero-order valence-electron chi connectivity index (χ0n) is 17.6. The number of halogens is 1. The summed E-state index contributed by atoms with van der Waals surface area (Å²) in [6.45, 7) is 3.70. The fourth-order valence-corrected chi connectivity index (χ4v) is 3.75. The molecule has 1 atom stereocenters. The second kappa shape index (κ2) is 8.81. The van der Waals surface area contributed by atoms with Crippen LogP contribution < -0.4 is 10.6 Å². The zero-order valence-corrected chi connectivity index (χ0v) is 18.3. The number of carbonyl (C=O) groups is 2. The minimum absolute atomic E-state index is 0.0184. The quantitative estimate of drug-likeness (QED) is 0.594. The Morgan fingerprint density at radius 2 is 2.03 bits per heavy atom. The summed E-state index contributed by atoms with van der Waals surface area (Å²) in [6.07, 6.45) is 5.19. The highest BCUT2D eigenvalue weighted by atomic mass is 35.5. The van der Waals surface area contributed by atoms with E-state index in [0.29, 0.717) is 33.6 Å². The molecule has 1 unspecified atom stereocenters. The topological polar surface area (TPSA) is 113 Å². The first-order valence-electron chi connectivity index (χ1n) is 10.2. The van der Waals surface area contributed by atoms with E-state index in [0.717, 1.165) is 12.8 Å². The van der Waals surface area contributed by atoms with Gasteiger partial charge in [0.25, 0.3) is 11.8 Å². The number of anilines is 1. The fourth-order valence-electron chi connectivity index (χ4n) is 3.55. The Balaban J connectivity index is 1.67. The number of nitrogens with zero attached hydrogens (tertiary/aromatic N) is 4. The smallest absolute Gasteiger partial charge is 0.274 e. The molecule has 1 aliphatic rings. The van der Waals surface area contributed by atoms with E-state index in [9.17, 15) is 14.9 Å². The Kier molecular flexibility index (Phi) is 5.93. The van der Waals surface area contributed by atoms with Crippen molar-refractivity contribution < 1.29 is 9.59 Å². The summed E-state index contributed by atoms with van der Waals surface area (Å²) in [5.74, 6) is -0.0331. The molecule has 9 heteroatoms. The summed E-state index contributed by atoms with van der Waals surface area (Å²) in [5.41, 5.74) is 1.73. The largest absolute Gasteiger partial charge is 0.349 e. The van der Waals surface area contributed by atoms with Crippen LogP contribution in [0.4, 0.5) is 5.69 Å². The van der Waals surface area contributed by atoms with Crippen molar-refractivity contribution in [3.8, 4) is 11.9 Å². The number of aromatic nitrogens is 3. The first kappa shape index (κ1) is 21.5. The van der Waals surface area contributed by atoms with Crippen molar-refractivity contribution in [1.29, 1.82) is 5.26 Å². The van der Waals surface area contributed by atoms with Crippen LogP contribution in [0.5, 0.6) is 0 Å². The van der Waals surface area contributed by atoms with Crippen LogP contribution in [0.25, 0.3) is 5.82 Å². The summed E-state index contributed by atoms with van der Waals surface area (Å²) in [7, 11) is 0. The molecule has 2 heterocycles. The molecule has 2 amide bonds. The Morgan fingerprint density at radius 1 is 1.25 bits per heavy atom. The third kappa shape index (κ3) is 4.34. The molecular weight excluding hydrogens is 428 g/mol. The molecule has 0 radical (unpaired) electrons. The van der Waals surface area contributed by atoms with E-state index in [1.54, 1.807) is 31.3 Å².